The van der Waals surface area contributed by atoms with Gasteiger partial charge in [-0.05, 0) is 6.07 Å². The van der Waals surface area contributed by atoms with E-state index in [0.29, 0.717) is 36.6 Å². The summed E-state index contributed by atoms with van der Waals surface area (Å²) in [5.74, 6) is 0.324. The zero-order valence-electron chi connectivity index (χ0n) is 12.3. The van der Waals surface area contributed by atoms with Crippen LogP contribution in [0.4, 0.5) is 17.1 Å². The van der Waals surface area contributed by atoms with Crippen LogP contribution in [0.5, 0.6) is 5.75 Å². The van der Waals surface area contributed by atoms with Crippen molar-refractivity contribution in [1.82, 2.24) is 0 Å². The highest BCUT2D eigenvalue weighted by Gasteiger charge is 2.15. The van der Waals surface area contributed by atoms with E-state index < -0.39 is 0 Å². The Hall–Kier alpha value is -2.68. The number of ether oxygens (including phenoxy) is 1. The summed E-state index contributed by atoms with van der Waals surface area (Å²) in [5.41, 5.74) is 7.64. The van der Waals surface area contributed by atoms with Gasteiger partial charge in [-0.1, -0.05) is 6.08 Å². The maximum absolute atomic E-state index is 11.4. The Morgan fingerprint density at radius 3 is 2.86 bits per heavy atom. The fraction of sp³-hybridized carbons (Fsp3) is 0.333. The minimum Gasteiger partial charge on any atom is -0.495 e. The molecule has 1 aromatic rings. The molecule has 0 radical (unpaired) electrons. The Kier molecular flexibility index (Phi) is 6.08. The number of carbonyl (C=O) groups is 1. The van der Waals surface area contributed by atoms with Crippen molar-refractivity contribution in [2.45, 2.75) is 13.3 Å². The van der Waals surface area contributed by atoms with Crippen LogP contribution in [0.2, 0.25) is 0 Å². The monoisotopic (exact) mass is 288 g/mol. The van der Waals surface area contributed by atoms with E-state index in [-0.39, 0.29) is 5.91 Å². The summed E-state index contributed by atoms with van der Waals surface area (Å²) >= 11 is 0. The van der Waals surface area contributed by atoms with Crippen molar-refractivity contribution in [3.63, 3.8) is 0 Å². The van der Waals surface area contributed by atoms with E-state index in [1.54, 1.807) is 18.2 Å². The molecule has 0 saturated heterocycles. The van der Waals surface area contributed by atoms with Crippen molar-refractivity contribution in [2.24, 2.45) is 0 Å². The summed E-state index contributed by atoms with van der Waals surface area (Å²) in [5, 5.41) is 11.5. The lowest BCUT2D eigenvalue weighted by Crippen LogP contribution is -2.26. The molecule has 0 aromatic heterocycles. The number of rotatable bonds is 7. The molecular formula is C15H20N4O2. The molecule has 112 valence electrons. The van der Waals surface area contributed by atoms with Crippen LogP contribution in [0.15, 0.2) is 24.8 Å². The number of benzene rings is 1. The zero-order chi connectivity index (χ0) is 15.8. The van der Waals surface area contributed by atoms with Crippen molar-refractivity contribution in [3.8, 4) is 11.8 Å². The first kappa shape index (κ1) is 16.4. The molecule has 0 atom stereocenters. The van der Waals surface area contributed by atoms with Gasteiger partial charge in [0.15, 0.2) is 0 Å². The quantitative estimate of drug-likeness (QED) is 0.592. The lowest BCUT2D eigenvalue weighted by atomic mass is 10.2. The highest BCUT2D eigenvalue weighted by molar-refractivity contribution is 5.94. The Bertz CT molecular complexity index is 564. The van der Waals surface area contributed by atoms with Crippen molar-refractivity contribution in [1.29, 1.82) is 5.26 Å². The highest BCUT2D eigenvalue weighted by atomic mass is 16.5. The predicted octanol–water partition coefficient (Wildman–Crippen LogP) is 2.14. The summed E-state index contributed by atoms with van der Waals surface area (Å²) in [6, 6.07) is 5.51. The molecule has 1 rings (SSSR count). The molecule has 0 bridgehead atoms. The molecule has 0 heterocycles. The third-order valence-electron chi connectivity index (χ3n) is 2.84. The fourth-order valence-corrected chi connectivity index (χ4v) is 1.96. The van der Waals surface area contributed by atoms with Gasteiger partial charge in [0.25, 0.3) is 0 Å². The van der Waals surface area contributed by atoms with Crippen molar-refractivity contribution < 1.29 is 9.53 Å². The smallest absolute Gasteiger partial charge is 0.221 e. The second kappa shape index (κ2) is 7.80. The number of amides is 1. The molecule has 3 N–H and O–H groups in total. The number of anilines is 3. The third kappa shape index (κ3) is 4.42. The largest absolute Gasteiger partial charge is 0.495 e. The molecule has 0 spiro atoms. The van der Waals surface area contributed by atoms with E-state index in [1.165, 1.54) is 14.0 Å². The summed E-state index contributed by atoms with van der Waals surface area (Å²) < 4.78 is 5.22. The number of nitriles is 1. The Labute approximate surface area is 124 Å². The standard InChI is InChI=1S/C15H20N4O2/c1-4-7-19(8-5-6-16)14-10-15(21-3)12(17)9-13(14)18-11(2)20/h4,9-10H,1,5,7-8,17H2,2-3H3,(H,18,20). The maximum Gasteiger partial charge on any atom is 0.221 e. The van der Waals surface area contributed by atoms with E-state index in [1.807, 2.05) is 4.90 Å². The topological polar surface area (TPSA) is 91.4 Å². The second-order valence-corrected chi connectivity index (χ2v) is 4.44. The van der Waals surface area contributed by atoms with Crippen molar-refractivity contribution >= 4 is 23.0 Å². The molecule has 0 fully saturated rings. The zero-order valence-corrected chi connectivity index (χ0v) is 12.3. The van der Waals surface area contributed by atoms with Gasteiger partial charge in [-0.25, -0.2) is 0 Å². The number of methoxy groups -OCH3 is 1. The minimum absolute atomic E-state index is 0.195. The summed E-state index contributed by atoms with van der Waals surface area (Å²) in [6.45, 7) is 6.20. The number of hydrogen-bond donors (Lipinski definition) is 2. The van der Waals surface area contributed by atoms with Crippen LogP contribution in [0.25, 0.3) is 0 Å². The first-order valence-electron chi connectivity index (χ1n) is 6.51. The Morgan fingerprint density at radius 2 is 2.33 bits per heavy atom. The lowest BCUT2D eigenvalue weighted by Gasteiger charge is -2.26. The molecule has 6 heteroatoms. The van der Waals surface area contributed by atoms with E-state index >= 15 is 0 Å². The Balaban J connectivity index is 3.28. The summed E-state index contributed by atoms with van der Waals surface area (Å²) in [6.07, 6.45) is 2.10. The van der Waals surface area contributed by atoms with Gasteiger partial charge in [-0.15, -0.1) is 6.58 Å². The van der Waals surface area contributed by atoms with E-state index in [4.69, 9.17) is 15.7 Å². The van der Waals surface area contributed by atoms with Gasteiger partial charge >= 0.3 is 0 Å². The van der Waals surface area contributed by atoms with Crippen LogP contribution < -0.4 is 20.7 Å². The SMILES string of the molecule is C=CCN(CCC#N)c1cc(OC)c(N)cc1NC(C)=O. The van der Waals surface area contributed by atoms with Gasteiger partial charge in [0.1, 0.15) is 5.75 Å². The second-order valence-electron chi connectivity index (χ2n) is 4.44. The number of carbonyl (C=O) groups excluding carboxylic acids is 1. The highest BCUT2D eigenvalue weighted by Crippen LogP contribution is 2.35. The average molecular weight is 288 g/mol. The molecule has 0 saturated carbocycles. The summed E-state index contributed by atoms with van der Waals surface area (Å²) in [4.78, 5) is 13.3. The van der Waals surface area contributed by atoms with Gasteiger partial charge < -0.3 is 20.7 Å². The van der Waals surface area contributed by atoms with Crippen LogP contribution >= 0.6 is 0 Å². The molecule has 1 amide bonds. The van der Waals surface area contributed by atoms with Crippen LogP contribution in [0.3, 0.4) is 0 Å². The third-order valence-corrected chi connectivity index (χ3v) is 2.84. The van der Waals surface area contributed by atoms with Gasteiger partial charge in [-0.2, -0.15) is 5.26 Å². The van der Waals surface area contributed by atoms with E-state index in [9.17, 15) is 4.79 Å². The van der Waals surface area contributed by atoms with Crippen molar-refractivity contribution in [3.05, 3.63) is 24.8 Å². The van der Waals surface area contributed by atoms with Crippen LogP contribution in [-0.2, 0) is 4.79 Å². The number of hydrogen-bond acceptors (Lipinski definition) is 5. The molecule has 0 aliphatic carbocycles. The minimum atomic E-state index is -0.195. The molecular weight excluding hydrogens is 268 g/mol. The first-order valence-corrected chi connectivity index (χ1v) is 6.51. The van der Waals surface area contributed by atoms with Crippen LogP contribution in [0.1, 0.15) is 13.3 Å². The number of nitrogens with zero attached hydrogens (tertiary/aromatic N) is 2. The number of nitrogen functional groups attached to an aromatic ring is 1. The van der Waals surface area contributed by atoms with Gasteiger partial charge in [0.2, 0.25) is 5.91 Å². The normalized spacial score (nSPS) is 9.57. The van der Waals surface area contributed by atoms with E-state index in [2.05, 4.69) is 18.0 Å². The molecule has 6 nitrogen and oxygen atoms in total. The predicted molar refractivity (Wildman–Crippen MR) is 84.4 cm³/mol. The molecule has 0 aliphatic rings. The van der Waals surface area contributed by atoms with Crippen molar-refractivity contribution in [2.75, 3.05) is 36.1 Å². The Morgan fingerprint density at radius 1 is 1.62 bits per heavy atom. The molecule has 21 heavy (non-hydrogen) atoms. The average Bonchev–Trinajstić information content (AvgIpc) is 2.43. The van der Waals surface area contributed by atoms with Crippen LogP contribution in [0, 0.1) is 11.3 Å². The molecule has 1 aromatic carbocycles. The fourth-order valence-electron chi connectivity index (χ4n) is 1.96. The molecule has 0 unspecified atom stereocenters. The summed E-state index contributed by atoms with van der Waals surface area (Å²) in [7, 11) is 1.53. The van der Waals surface area contributed by atoms with Gasteiger partial charge in [0, 0.05) is 26.1 Å². The van der Waals surface area contributed by atoms with Gasteiger partial charge in [-0.3, -0.25) is 4.79 Å². The van der Waals surface area contributed by atoms with Crippen LogP contribution in [-0.4, -0.2) is 26.1 Å². The van der Waals surface area contributed by atoms with E-state index in [0.717, 1.165) is 5.69 Å². The number of nitrogens with one attached hydrogen (secondary N) is 1. The first-order chi connectivity index (χ1) is 10.0. The lowest BCUT2D eigenvalue weighted by molar-refractivity contribution is -0.114. The maximum atomic E-state index is 11.4. The molecule has 0 aliphatic heterocycles. The number of nitrogens with two attached hydrogens (primary N) is 1. The van der Waals surface area contributed by atoms with Gasteiger partial charge in [0.05, 0.1) is 36.7 Å².